The second kappa shape index (κ2) is 6.83. The van der Waals surface area contributed by atoms with Crippen LogP contribution in [0.25, 0.3) is 0 Å². The number of ether oxygens (including phenoxy) is 1. The van der Waals surface area contributed by atoms with E-state index in [1.54, 1.807) is 19.1 Å². The Kier molecular flexibility index (Phi) is 4.38. The fourth-order valence-electron chi connectivity index (χ4n) is 4.61. The minimum Gasteiger partial charge on any atom is -0.466 e. The molecular formula is C22H21BrFN3O2. The summed E-state index contributed by atoms with van der Waals surface area (Å²) < 4.78 is 22.0. The zero-order valence-electron chi connectivity index (χ0n) is 16.1. The van der Waals surface area contributed by atoms with E-state index in [4.69, 9.17) is 9.84 Å². The maximum Gasteiger partial charge on any atom is 0.219 e. The van der Waals surface area contributed by atoms with E-state index in [-0.39, 0.29) is 17.8 Å². The molecule has 0 bridgehead atoms. The Morgan fingerprint density at radius 3 is 2.72 bits per heavy atom. The number of amides is 1. The predicted octanol–water partition coefficient (Wildman–Crippen LogP) is 4.47. The van der Waals surface area contributed by atoms with Crippen molar-refractivity contribution in [3.8, 4) is 5.75 Å². The van der Waals surface area contributed by atoms with Crippen LogP contribution >= 0.6 is 15.9 Å². The first-order valence-electron chi connectivity index (χ1n) is 9.82. The molecule has 0 saturated carbocycles. The number of hydrazone groups is 1. The molecule has 0 unspecified atom stereocenters. The molecule has 150 valence electrons. The lowest BCUT2D eigenvalue weighted by Crippen LogP contribution is -2.59. The molecule has 5 nitrogen and oxygen atoms in total. The maximum absolute atomic E-state index is 14.5. The highest BCUT2D eigenvalue weighted by atomic mass is 79.9. The van der Waals surface area contributed by atoms with E-state index in [9.17, 15) is 9.18 Å². The van der Waals surface area contributed by atoms with Gasteiger partial charge in [0.25, 0.3) is 0 Å². The molecule has 3 heterocycles. The second-order valence-corrected chi connectivity index (χ2v) is 8.74. The average molecular weight is 458 g/mol. The van der Waals surface area contributed by atoms with Crippen LogP contribution in [0, 0.1) is 5.82 Å². The van der Waals surface area contributed by atoms with E-state index in [1.165, 1.54) is 6.07 Å². The molecule has 1 amide bonds. The Hall–Kier alpha value is -2.41. The topological polar surface area (TPSA) is 45.1 Å². The van der Waals surface area contributed by atoms with Gasteiger partial charge in [0.15, 0.2) is 0 Å². The van der Waals surface area contributed by atoms with Gasteiger partial charge in [0, 0.05) is 54.9 Å². The fourth-order valence-corrected chi connectivity index (χ4v) is 4.99. The van der Waals surface area contributed by atoms with E-state index < -0.39 is 5.72 Å². The Morgan fingerprint density at radius 1 is 1.24 bits per heavy atom. The molecule has 5 rings (SSSR count). The number of likely N-dealkylation sites (tertiary alicyclic amines) is 1. The van der Waals surface area contributed by atoms with Gasteiger partial charge in [-0.1, -0.05) is 34.1 Å². The number of rotatable bonds is 1. The minimum atomic E-state index is -0.621. The summed E-state index contributed by atoms with van der Waals surface area (Å²) in [5, 5.41) is 6.91. The number of fused-ring (bicyclic) bond motifs is 4. The summed E-state index contributed by atoms with van der Waals surface area (Å²) in [4.78, 5) is 13.7. The number of hydrogen-bond acceptors (Lipinski definition) is 4. The third-order valence-electron chi connectivity index (χ3n) is 6.13. The van der Waals surface area contributed by atoms with Crippen LogP contribution in [-0.4, -0.2) is 40.3 Å². The highest BCUT2D eigenvalue weighted by molar-refractivity contribution is 9.10. The molecule has 7 heteroatoms. The highest BCUT2D eigenvalue weighted by Gasteiger charge is 2.52. The normalized spacial score (nSPS) is 22.0. The van der Waals surface area contributed by atoms with Crippen molar-refractivity contribution >= 4 is 27.5 Å². The van der Waals surface area contributed by atoms with Crippen LogP contribution in [-0.2, 0) is 4.79 Å². The summed E-state index contributed by atoms with van der Waals surface area (Å²) in [6, 6.07) is 12.8. The molecular weight excluding hydrogens is 437 g/mol. The van der Waals surface area contributed by atoms with Crippen molar-refractivity contribution in [2.45, 2.75) is 38.0 Å². The van der Waals surface area contributed by atoms with E-state index in [0.717, 1.165) is 21.5 Å². The predicted molar refractivity (Wildman–Crippen MR) is 111 cm³/mol. The molecule has 3 aliphatic heterocycles. The van der Waals surface area contributed by atoms with Crippen LogP contribution in [0.15, 0.2) is 52.0 Å². The maximum atomic E-state index is 14.5. The second-order valence-electron chi connectivity index (χ2n) is 7.83. The number of nitrogens with zero attached hydrogens (tertiary/aromatic N) is 3. The van der Waals surface area contributed by atoms with Crippen LogP contribution in [0.5, 0.6) is 5.75 Å². The van der Waals surface area contributed by atoms with E-state index in [2.05, 4.69) is 22.0 Å². The van der Waals surface area contributed by atoms with Crippen LogP contribution in [0.2, 0.25) is 0 Å². The minimum absolute atomic E-state index is 0.0188. The molecule has 1 saturated heterocycles. The Bertz CT molecular complexity index is 1020. The van der Waals surface area contributed by atoms with Gasteiger partial charge in [0.05, 0.1) is 11.8 Å². The average Bonchev–Trinajstić information content (AvgIpc) is 3.16. The lowest BCUT2D eigenvalue weighted by Gasteiger charge is -2.51. The first-order chi connectivity index (χ1) is 14.0. The summed E-state index contributed by atoms with van der Waals surface area (Å²) in [7, 11) is 0. The van der Waals surface area contributed by atoms with Gasteiger partial charge in [-0.05, 0) is 24.3 Å². The molecule has 0 radical (unpaired) electrons. The van der Waals surface area contributed by atoms with Crippen LogP contribution < -0.4 is 4.74 Å². The Balaban J connectivity index is 1.57. The van der Waals surface area contributed by atoms with Gasteiger partial charge >= 0.3 is 0 Å². The largest absolute Gasteiger partial charge is 0.466 e. The zero-order chi connectivity index (χ0) is 20.2. The molecule has 2 aromatic rings. The molecule has 0 aromatic heterocycles. The number of carbonyl (C=O) groups excluding carboxylic acids is 1. The quantitative estimate of drug-likeness (QED) is 0.634. The number of halogens is 2. The SMILES string of the molecule is CC(=O)N1CCC2(CC1)Oc1ccc(Br)cc1[C@@H]1CC(c3ccccc3F)=NN12. The summed E-state index contributed by atoms with van der Waals surface area (Å²) in [6.07, 6.45) is 1.94. The van der Waals surface area contributed by atoms with Crippen molar-refractivity contribution in [2.75, 3.05) is 13.1 Å². The summed E-state index contributed by atoms with van der Waals surface area (Å²) in [5.41, 5.74) is 1.70. The molecule has 3 aliphatic rings. The molecule has 1 spiro atoms. The van der Waals surface area contributed by atoms with Crippen molar-refractivity contribution in [2.24, 2.45) is 5.10 Å². The van der Waals surface area contributed by atoms with Gasteiger partial charge in [-0.3, -0.25) is 4.79 Å². The first-order valence-corrected chi connectivity index (χ1v) is 10.6. The molecule has 0 aliphatic carbocycles. The lowest BCUT2D eigenvalue weighted by atomic mass is 9.90. The fraction of sp³-hybridized carbons (Fsp3) is 0.364. The smallest absolute Gasteiger partial charge is 0.219 e. The summed E-state index contributed by atoms with van der Waals surface area (Å²) >= 11 is 3.55. The van der Waals surface area contributed by atoms with E-state index in [0.29, 0.717) is 37.9 Å². The van der Waals surface area contributed by atoms with Crippen LogP contribution in [0.1, 0.15) is 43.4 Å². The van der Waals surface area contributed by atoms with Crippen molar-refractivity contribution in [1.29, 1.82) is 0 Å². The lowest BCUT2D eigenvalue weighted by molar-refractivity contribution is -0.158. The van der Waals surface area contributed by atoms with Gasteiger partial charge in [-0.15, -0.1) is 0 Å². The highest BCUT2D eigenvalue weighted by Crippen LogP contribution is 2.50. The van der Waals surface area contributed by atoms with Crippen molar-refractivity contribution in [3.63, 3.8) is 0 Å². The van der Waals surface area contributed by atoms with Crippen molar-refractivity contribution < 1.29 is 13.9 Å². The van der Waals surface area contributed by atoms with Crippen molar-refractivity contribution in [3.05, 3.63) is 63.9 Å². The van der Waals surface area contributed by atoms with E-state index in [1.807, 2.05) is 28.1 Å². The summed E-state index contributed by atoms with van der Waals surface area (Å²) in [5.74, 6) is 0.658. The van der Waals surface area contributed by atoms with Gasteiger partial charge in [-0.2, -0.15) is 5.10 Å². The standard InChI is InChI=1S/C22H21BrFN3O2/c1-14(28)26-10-8-22(9-11-26)27-20(17-12-15(23)6-7-21(17)29-22)13-19(25-27)16-4-2-3-5-18(16)24/h2-7,12,20H,8-11,13H2,1H3/t20-/m0/s1. The first kappa shape index (κ1) is 18.6. The van der Waals surface area contributed by atoms with Gasteiger partial charge in [0.1, 0.15) is 11.6 Å². The van der Waals surface area contributed by atoms with Gasteiger partial charge in [0.2, 0.25) is 11.6 Å². The van der Waals surface area contributed by atoms with Gasteiger partial charge < -0.3 is 9.64 Å². The molecule has 2 aromatic carbocycles. The number of benzene rings is 2. The van der Waals surface area contributed by atoms with Crippen LogP contribution in [0.4, 0.5) is 4.39 Å². The zero-order valence-corrected chi connectivity index (χ0v) is 17.7. The third kappa shape index (κ3) is 3.03. The number of carbonyl (C=O) groups is 1. The summed E-state index contributed by atoms with van der Waals surface area (Å²) in [6.45, 7) is 2.84. The third-order valence-corrected chi connectivity index (χ3v) is 6.63. The molecule has 0 N–H and O–H groups in total. The molecule has 1 atom stereocenters. The van der Waals surface area contributed by atoms with E-state index >= 15 is 0 Å². The van der Waals surface area contributed by atoms with Crippen LogP contribution in [0.3, 0.4) is 0 Å². The molecule has 1 fully saturated rings. The number of piperidine rings is 1. The Labute approximate surface area is 177 Å². The molecule has 29 heavy (non-hydrogen) atoms. The van der Waals surface area contributed by atoms with Crippen molar-refractivity contribution in [1.82, 2.24) is 9.91 Å². The number of hydrogen-bond donors (Lipinski definition) is 0. The monoisotopic (exact) mass is 457 g/mol. The Morgan fingerprint density at radius 2 is 2.00 bits per heavy atom. The van der Waals surface area contributed by atoms with Gasteiger partial charge in [-0.25, -0.2) is 9.40 Å².